The molecule has 2 unspecified atom stereocenters. The van der Waals surface area contributed by atoms with Crippen molar-refractivity contribution in [1.29, 1.82) is 0 Å². The zero-order valence-corrected chi connectivity index (χ0v) is 10.0. The lowest BCUT2D eigenvalue weighted by atomic mass is 9.87. The first-order valence-corrected chi connectivity index (χ1v) is 6.24. The molecular formula is C13H16N4O. The molecule has 0 aliphatic carbocycles. The predicted octanol–water partition coefficient (Wildman–Crippen LogP) is 0.890. The lowest BCUT2D eigenvalue weighted by Crippen LogP contribution is -2.39. The molecule has 1 aliphatic heterocycles. The maximum Gasteiger partial charge on any atom is 0.343 e. The fourth-order valence-electron chi connectivity index (χ4n) is 2.68. The highest BCUT2D eigenvalue weighted by atomic mass is 16.1. The van der Waals surface area contributed by atoms with Gasteiger partial charge in [-0.15, -0.1) is 0 Å². The van der Waals surface area contributed by atoms with Gasteiger partial charge in [0.2, 0.25) is 0 Å². The first-order chi connectivity index (χ1) is 8.86. The molecule has 3 rings (SSSR count). The summed E-state index contributed by atoms with van der Waals surface area (Å²) >= 11 is 0. The van der Waals surface area contributed by atoms with Crippen molar-refractivity contribution in [3.05, 3.63) is 52.7 Å². The molecule has 0 spiro atoms. The van der Waals surface area contributed by atoms with Crippen LogP contribution >= 0.6 is 0 Å². The molecule has 1 aromatic heterocycles. The minimum absolute atomic E-state index is 0.122. The largest absolute Gasteiger partial charge is 0.343 e. The van der Waals surface area contributed by atoms with E-state index in [2.05, 4.69) is 27.5 Å². The van der Waals surface area contributed by atoms with E-state index >= 15 is 0 Å². The summed E-state index contributed by atoms with van der Waals surface area (Å²) < 4.78 is 1.58. The van der Waals surface area contributed by atoms with E-state index in [0.29, 0.717) is 5.92 Å². The zero-order chi connectivity index (χ0) is 12.4. The van der Waals surface area contributed by atoms with Gasteiger partial charge >= 0.3 is 5.69 Å². The molecule has 2 heterocycles. The van der Waals surface area contributed by atoms with Crippen molar-refractivity contribution in [3.8, 4) is 0 Å². The Balaban J connectivity index is 1.96. The van der Waals surface area contributed by atoms with Crippen LogP contribution in [0.15, 0.2) is 41.5 Å². The maximum atomic E-state index is 11.7. The van der Waals surface area contributed by atoms with Crippen LogP contribution in [0.5, 0.6) is 0 Å². The fourth-order valence-corrected chi connectivity index (χ4v) is 2.68. The summed E-state index contributed by atoms with van der Waals surface area (Å²) in [5, 5.41) is 7.53. The normalized spacial score (nSPS) is 24.0. The predicted molar refractivity (Wildman–Crippen MR) is 68.6 cm³/mol. The van der Waals surface area contributed by atoms with E-state index in [1.807, 2.05) is 18.2 Å². The Hall–Kier alpha value is -1.88. The topological polar surface area (TPSA) is 62.7 Å². The molecule has 0 bridgehead atoms. The molecule has 2 atom stereocenters. The summed E-state index contributed by atoms with van der Waals surface area (Å²) in [6.07, 6.45) is 2.39. The van der Waals surface area contributed by atoms with Gasteiger partial charge in [0, 0.05) is 12.5 Å². The average Bonchev–Trinajstić information content (AvgIpc) is 2.86. The quantitative estimate of drug-likeness (QED) is 0.824. The number of aromatic nitrogens is 3. The molecule has 1 saturated heterocycles. The van der Waals surface area contributed by atoms with E-state index in [1.54, 1.807) is 4.68 Å². The molecule has 5 heteroatoms. The number of nitrogens with zero attached hydrogens (tertiary/aromatic N) is 2. The van der Waals surface area contributed by atoms with Crippen LogP contribution in [0.1, 0.15) is 23.9 Å². The first kappa shape index (κ1) is 11.2. The summed E-state index contributed by atoms with van der Waals surface area (Å²) in [6.45, 7) is 1.81. The van der Waals surface area contributed by atoms with Gasteiger partial charge in [0.1, 0.15) is 6.33 Å². The highest BCUT2D eigenvalue weighted by Gasteiger charge is 2.29. The van der Waals surface area contributed by atoms with Gasteiger partial charge in [-0.2, -0.15) is 5.10 Å². The molecule has 1 aliphatic rings. The summed E-state index contributed by atoms with van der Waals surface area (Å²) in [7, 11) is 0. The van der Waals surface area contributed by atoms with Gasteiger partial charge < -0.3 is 5.32 Å². The Labute approximate surface area is 105 Å². The van der Waals surface area contributed by atoms with Gasteiger partial charge in [-0.1, -0.05) is 30.3 Å². The molecule has 2 N–H and O–H groups in total. The number of hydrogen-bond acceptors (Lipinski definition) is 3. The van der Waals surface area contributed by atoms with Crippen molar-refractivity contribution in [2.75, 3.05) is 13.1 Å². The molecule has 5 nitrogen and oxygen atoms in total. The molecule has 0 saturated carbocycles. The third-order valence-electron chi connectivity index (χ3n) is 3.57. The van der Waals surface area contributed by atoms with Gasteiger partial charge in [0.25, 0.3) is 0 Å². The monoisotopic (exact) mass is 244 g/mol. The maximum absolute atomic E-state index is 11.7. The Morgan fingerprint density at radius 3 is 2.83 bits per heavy atom. The van der Waals surface area contributed by atoms with Gasteiger partial charge in [-0.3, -0.25) is 4.98 Å². The van der Waals surface area contributed by atoms with Crippen LogP contribution in [0.25, 0.3) is 0 Å². The van der Waals surface area contributed by atoms with Crippen LogP contribution in [0.2, 0.25) is 0 Å². The van der Waals surface area contributed by atoms with Gasteiger partial charge in [-0.25, -0.2) is 9.48 Å². The molecule has 94 valence electrons. The number of rotatable bonds is 2. The van der Waals surface area contributed by atoms with Gasteiger partial charge in [0.05, 0.1) is 6.04 Å². The van der Waals surface area contributed by atoms with E-state index in [1.165, 1.54) is 11.9 Å². The summed E-state index contributed by atoms with van der Waals surface area (Å²) in [6, 6.07) is 10.4. The van der Waals surface area contributed by atoms with Gasteiger partial charge in [0.15, 0.2) is 0 Å². The van der Waals surface area contributed by atoms with E-state index in [0.717, 1.165) is 19.5 Å². The number of benzene rings is 1. The summed E-state index contributed by atoms with van der Waals surface area (Å²) in [5.74, 6) is 0.293. The SMILES string of the molecule is O=c1[nH]cnn1C1CCNCC1c1ccccc1. The summed E-state index contributed by atoms with van der Waals surface area (Å²) in [4.78, 5) is 14.3. The number of nitrogens with one attached hydrogen (secondary N) is 2. The minimum atomic E-state index is -0.122. The van der Waals surface area contributed by atoms with Crippen LogP contribution in [-0.2, 0) is 0 Å². The van der Waals surface area contributed by atoms with E-state index in [9.17, 15) is 4.79 Å². The van der Waals surface area contributed by atoms with Crippen LogP contribution in [-0.4, -0.2) is 27.9 Å². The Bertz CT molecular complexity index is 560. The van der Waals surface area contributed by atoms with Crippen LogP contribution in [0.3, 0.4) is 0 Å². The fraction of sp³-hybridized carbons (Fsp3) is 0.385. The van der Waals surface area contributed by atoms with Crippen molar-refractivity contribution in [1.82, 2.24) is 20.1 Å². The van der Waals surface area contributed by atoms with Crippen LogP contribution in [0.4, 0.5) is 0 Å². The number of piperidine rings is 1. The molecule has 0 amide bonds. The second kappa shape index (κ2) is 4.78. The number of aromatic amines is 1. The lowest BCUT2D eigenvalue weighted by Gasteiger charge is -2.31. The summed E-state index contributed by atoms with van der Waals surface area (Å²) in [5.41, 5.74) is 1.13. The minimum Gasteiger partial charge on any atom is -0.316 e. The number of hydrogen-bond donors (Lipinski definition) is 2. The first-order valence-electron chi connectivity index (χ1n) is 6.24. The van der Waals surface area contributed by atoms with Crippen molar-refractivity contribution in [2.45, 2.75) is 18.4 Å². The second-order valence-corrected chi connectivity index (χ2v) is 4.62. The highest BCUT2D eigenvalue weighted by Crippen LogP contribution is 2.31. The third kappa shape index (κ3) is 1.97. The van der Waals surface area contributed by atoms with E-state index in [4.69, 9.17) is 0 Å². The Kier molecular flexibility index (Phi) is 2.98. The molecule has 18 heavy (non-hydrogen) atoms. The Morgan fingerprint density at radius 1 is 1.28 bits per heavy atom. The number of H-pyrrole nitrogens is 1. The molecule has 1 aromatic carbocycles. The standard InChI is InChI=1S/C13H16N4O/c18-13-15-9-16-17(13)12-6-7-14-8-11(12)10-4-2-1-3-5-10/h1-5,9,11-12,14H,6-8H2,(H,15,16,18). The highest BCUT2D eigenvalue weighted by molar-refractivity contribution is 5.22. The van der Waals surface area contributed by atoms with E-state index < -0.39 is 0 Å². The van der Waals surface area contributed by atoms with Gasteiger partial charge in [-0.05, 0) is 18.5 Å². The zero-order valence-electron chi connectivity index (χ0n) is 10.0. The van der Waals surface area contributed by atoms with Crippen molar-refractivity contribution >= 4 is 0 Å². The van der Waals surface area contributed by atoms with Crippen LogP contribution in [0, 0.1) is 0 Å². The third-order valence-corrected chi connectivity index (χ3v) is 3.57. The average molecular weight is 244 g/mol. The molecular weight excluding hydrogens is 228 g/mol. The van der Waals surface area contributed by atoms with E-state index in [-0.39, 0.29) is 11.7 Å². The van der Waals surface area contributed by atoms with Crippen molar-refractivity contribution in [2.24, 2.45) is 0 Å². The molecule has 0 radical (unpaired) electrons. The Morgan fingerprint density at radius 2 is 2.11 bits per heavy atom. The second-order valence-electron chi connectivity index (χ2n) is 4.62. The van der Waals surface area contributed by atoms with Crippen molar-refractivity contribution < 1.29 is 0 Å². The molecule has 2 aromatic rings. The molecule has 1 fully saturated rings. The van der Waals surface area contributed by atoms with Crippen molar-refractivity contribution in [3.63, 3.8) is 0 Å². The van der Waals surface area contributed by atoms with Crippen LogP contribution < -0.4 is 11.0 Å². The smallest absolute Gasteiger partial charge is 0.316 e. The lowest BCUT2D eigenvalue weighted by molar-refractivity contribution is 0.293.